The van der Waals surface area contributed by atoms with Crippen LogP contribution in [0.25, 0.3) is 11.4 Å². The van der Waals surface area contributed by atoms with Gasteiger partial charge in [-0.2, -0.15) is 0 Å². The van der Waals surface area contributed by atoms with Gasteiger partial charge in [-0.15, -0.1) is 0 Å². The number of aliphatic hydroxyl groups is 3. The number of hydrogen-bond donors (Lipinski definition) is 4. The molecule has 0 unspecified atom stereocenters. The molecule has 0 bridgehead atoms. The average Bonchev–Trinajstić information content (AvgIpc) is 2.82. The van der Waals surface area contributed by atoms with Crippen molar-refractivity contribution in [3.63, 3.8) is 0 Å². The van der Waals surface area contributed by atoms with E-state index >= 15 is 0 Å². The number of nitrogens with zero attached hydrogens (tertiary/aromatic N) is 3. The predicted molar refractivity (Wildman–Crippen MR) is 119 cm³/mol. The number of pyridine rings is 1. The number of benzene rings is 1. The third-order valence-corrected chi connectivity index (χ3v) is 6.45. The minimum absolute atomic E-state index is 0.103. The number of nitrogens with one attached hydrogen (secondary N) is 1. The third kappa shape index (κ3) is 4.39. The van der Waals surface area contributed by atoms with Crippen LogP contribution in [-0.2, 0) is 0 Å². The smallest absolute Gasteiger partial charge is 0.274 e. The molecule has 4 N–H and O–H groups in total. The monoisotopic (exact) mass is 470 g/mol. The van der Waals surface area contributed by atoms with E-state index < -0.39 is 47.3 Å². The van der Waals surface area contributed by atoms with Crippen molar-refractivity contribution in [1.82, 2.24) is 15.0 Å². The van der Waals surface area contributed by atoms with Gasteiger partial charge in [0, 0.05) is 12.4 Å². The maximum Gasteiger partial charge on any atom is 0.274 e. The Bertz CT molecular complexity index is 1180. The zero-order chi connectivity index (χ0) is 24.5. The first-order valence-corrected chi connectivity index (χ1v) is 10.8. The Kier molecular flexibility index (Phi) is 6.65. The molecule has 1 amide bonds. The van der Waals surface area contributed by atoms with Crippen molar-refractivity contribution in [1.29, 1.82) is 0 Å². The summed E-state index contributed by atoms with van der Waals surface area (Å²) in [6, 6.07) is 6.41. The average molecular weight is 470 g/mol. The fourth-order valence-corrected chi connectivity index (χ4v) is 4.41. The van der Waals surface area contributed by atoms with Crippen molar-refractivity contribution in [3.8, 4) is 11.4 Å². The summed E-state index contributed by atoms with van der Waals surface area (Å²) in [5.74, 6) is -3.21. The second-order valence-corrected chi connectivity index (χ2v) is 8.51. The molecule has 10 heteroatoms. The van der Waals surface area contributed by atoms with E-state index in [4.69, 9.17) is 0 Å². The predicted octanol–water partition coefficient (Wildman–Crippen LogP) is 2.67. The van der Waals surface area contributed by atoms with Crippen LogP contribution in [0.4, 0.5) is 14.5 Å². The van der Waals surface area contributed by atoms with Gasteiger partial charge in [-0.25, -0.2) is 18.7 Å². The zero-order valence-electron chi connectivity index (χ0n) is 18.3. The molecule has 3 aromatic rings. The molecule has 0 radical (unpaired) electrons. The summed E-state index contributed by atoms with van der Waals surface area (Å²) >= 11 is 0. The summed E-state index contributed by atoms with van der Waals surface area (Å²) in [6.45, 7) is 1.19. The fraction of sp³-hybridized carbons (Fsp3) is 0.333. The minimum Gasteiger partial charge on any atom is -0.393 e. The SMILES string of the molecule is C[C@H]1C[C@H](c2ccncc2NC(=O)c2ccnc(-c3c(F)cccc3F)n2)C[C@@H](O)[C@@]1(O)CO. The van der Waals surface area contributed by atoms with Crippen molar-refractivity contribution in [2.45, 2.75) is 37.4 Å². The topological polar surface area (TPSA) is 128 Å². The van der Waals surface area contributed by atoms with Gasteiger partial charge in [0.2, 0.25) is 0 Å². The molecule has 2 heterocycles. The molecule has 8 nitrogen and oxygen atoms in total. The molecule has 0 saturated heterocycles. The fourth-order valence-electron chi connectivity index (χ4n) is 4.41. The minimum atomic E-state index is -1.59. The van der Waals surface area contributed by atoms with E-state index in [1.807, 2.05) is 0 Å². The van der Waals surface area contributed by atoms with Crippen LogP contribution < -0.4 is 5.32 Å². The molecule has 1 aromatic carbocycles. The van der Waals surface area contributed by atoms with E-state index in [2.05, 4.69) is 20.3 Å². The quantitative estimate of drug-likeness (QED) is 0.451. The van der Waals surface area contributed by atoms with Gasteiger partial charge < -0.3 is 20.6 Å². The second kappa shape index (κ2) is 9.49. The van der Waals surface area contributed by atoms with Crippen molar-refractivity contribution in [2.24, 2.45) is 5.92 Å². The Hall–Kier alpha value is -3.34. The standard InChI is InChI=1S/C24H24F2N4O4/c1-13-9-14(10-20(32)24(13,34)12-31)15-5-7-27-11-19(15)30-23(33)18-6-8-28-22(29-18)21-16(25)3-2-4-17(21)26/h2-8,11,13-14,20,31-32,34H,9-10,12H2,1H3,(H,30,33)/t13-,14-,20+,24+/m0/s1. The first-order valence-electron chi connectivity index (χ1n) is 10.8. The van der Waals surface area contributed by atoms with E-state index in [0.29, 0.717) is 17.7 Å². The van der Waals surface area contributed by atoms with Gasteiger partial charge in [-0.05, 0) is 54.5 Å². The Morgan fingerprint density at radius 3 is 2.59 bits per heavy atom. The normalized spacial score (nSPS) is 24.6. The van der Waals surface area contributed by atoms with Crippen LogP contribution in [0.15, 0.2) is 48.9 Å². The van der Waals surface area contributed by atoms with Crippen LogP contribution >= 0.6 is 0 Å². The molecule has 1 saturated carbocycles. The summed E-state index contributed by atoms with van der Waals surface area (Å²) in [6.07, 6.45) is 3.74. The van der Waals surface area contributed by atoms with Crippen LogP contribution in [0.5, 0.6) is 0 Å². The van der Waals surface area contributed by atoms with Gasteiger partial charge in [-0.1, -0.05) is 13.0 Å². The Morgan fingerprint density at radius 1 is 1.18 bits per heavy atom. The molecule has 34 heavy (non-hydrogen) atoms. The lowest BCUT2D eigenvalue weighted by molar-refractivity contribution is -0.159. The summed E-state index contributed by atoms with van der Waals surface area (Å²) in [4.78, 5) is 24.9. The van der Waals surface area contributed by atoms with Crippen LogP contribution in [0.1, 0.15) is 41.7 Å². The number of amides is 1. The van der Waals surface area contributed by atoms with Gasteiger partial charge in [0.1, 0.15) is 22.9 Å². The molecule has 1 aliphatic rings. The second-order valence-electron chi connectivity index (χ2n) is 8.51. The van der Waals surface area contributed by atoms with Gasteiger partial charge in [0.15, 0.2) is 5.82 Å². The van der Waals surface area contributed by atoms with E-state index in [1.54, 1.807) is 19.2 Å². The summed E-state index contributed by atoms with van der Waals surface area (Å²) in [5.41, 5.74) is -1.05. The number of hydrogen-bond acceptors (Lipinski definition) is 7. The molecule has 2 aromatic heterocycles. The molecular formula is C24H24F2N4O4. The first kappa shape index (κ1) is 23.8. The zero-order valence-corrected chi connectivity index (χ0v) is 18.3. The maximum absolute atomic E-state index is 14.1. The van der Waals surface area contributed by atoms with Crippen LogP contribution in [0.3, 0.4) is 0 Å². The highest BCUT2D eigenvalue weighted by molar-refractivity contribution is 6.03. The third-order valence-electron chi connectivity index (χ3n) is 6.45. The molecule has 0 spiro atoms. The van der Waals surface area contributed by atoms with Crippen molar-refractivity contribution in [3.05, 3.63) is 71.8 Å². The Balaban J connectivity index is 1.59. The molecule has 178 valence electrons. The van der Waals surface area contributed by atoms with Crippen molar-refractivity contribution >= 4 is 11.6 Å². The van der Waals surface area contributed by atoms with Crippen molar-refractivity contribution < 1.29 is 28.9 Å². The lowest BCUT2D eigenvalue weighted by Crippen LogP contribution is -2.54. The molecular weight excluding hydrogens is 446 g/mol. The lowest BCUT2D eigenvalue weighted by atomic mass is 9.68. The van der Waals surface area contributed by atoms with Gasteiger partial charge >= 0.3 is 0 Å². The highest BCUT2D eigenvalue weighted by Gasteiger charge is 2.46. The molecule has 4 atom stereocenters. The first-order chi connectivity index (χ1) is 16.2. The number of rotatable bonds is 5. The summed E-state index contributed by atoms with van der Waals surface area (Å²) < 4.78 is 28.3. The van der Waals surface area contributed by atoms with Gasteiger partial charge in [-0.3, -0.25) is 9.78 Å². The molecule has 0 aliphatic heterocycles. The number of anilines is 1. The lowest BCUT2D eigenvalue weighted by Gasteiger charge is -2.44. The van der Waals surface area contributed by atoms with Crippen LogP contribution in [0.2, 0.25) is 0 Å². The molecule has 1 aliphatic carbocycles. The van der Waals surface area contributed by atoms with Gasteiger partial charge in [0.05, 0.1) is 30.2 Å². The Morgan fingerprint density at radius 2 is 1.91 bits per heavy atom. The Labute approximate surface area is 194 Å². The highest BCUT2D eigenvalue weighted by atomic mass is 19.1. The highest BCUT2D eigenvalue weighted by Crippen LogP contribution is 2.43. The van der Waals surface area contributed by atoms with E-state index in [1.165, 1.54) is 24.5 Å². The van der Waals surface area contributed by atoms with E-state index in [9.17, 15) is 28.9 Å². The molecule has 4 rings (SSSR count). The number of aromatic nitrogens is 3. The molecule has 1 fully saturated rings. The summed E-state index contributed by atoms with van der Waals surface area (Å²) in [5, 5.41) is 33.3. The maximum atomic E-state index is 14.1. The number of carbonyl (C=O) groups is 1. The number of aliphatic hydroxyl groups excluding tert-OH is 2. The number of halogens is 2. The van der Waals surface area contributed by atoms with Gasteiger partial charge in [0.25, 0.3) is 5.91 Å². The largest absolute Gasteiger partial charge is 0.393 e. The number of carbonyl (C=O) groups excluding carboxylic acids is 1. The van der Waals surface area contributed by atoms with Crippen molar-refractivity contribution in [2.75, 3.05) is 11.9 Å². The van der Waals surface area contributed by atoms with Crippen LogP contribution in [0, 0.1) is 17.6 Å². The van der Waals surface area contributed by atoms with Crippen LogP contribution in [-0.4, -0.2) is 54.5 Å². The summed E-state index contributed by atoms with van der Waals surface area (Å²) in [7, 11) is 0. The van der Waals surface area contributed by atoms with E-state index in [-0.39, 0.29) is 23.9 Å². The van der Waals surface area contributed by atoms with E-state index in [0.717, 1.165) is 12.1 Å².